The quantitative estimate of drug-likeness (QED) is 0.333. The Balaban J connectivity index is 1.88. The van der Waals surface area contributed by atoms with Crippen LogP contribution in [-0.2, 0) is 9.53 Å². The van der Waals surface area contributed by atoms with Crippen LogP contribution < -0.4 is 5.32 Å². The van der Waals surface area contributed by atoms with Gasteiger partial charge < -0.3 is 10.1 Å². The summed E-state index contributed by atoms with van der Waals surface area (Å²) in [5.74, 6) is -0.397. The largest absolute Gasteiger partial charge is 0.464 e. The van der Waals surface area contributed by atoms with E-state index in [1.165, 1.54) is 26.2 Å². The van der Waals surface area contributed by atoms with E-state index in [-0.39, 0.29) is 24.4 Å². The summed E-state index contributed by atoms with van der Waals surface area (Å²) in [7, 11) is 0. The Morgan fingerprint density at radius 3 is 2.81 bits per heavy atom. The molecule has 1 fully saturated rings. The van der Waals surface area contributed by atoms with Crippen LogP contribution in [-0.4, -0.2) is 39.6 Å². The SMILES string of the molecule is CC(=O)OCCNc1cc(SC2CCCCC2)c2nonc2c1[N+](=O)[O-]. The highest BCUT2D eigenvalue weighted by Gasteiger charge is 2.27. The fourth-order valence-corrected chi connectivity index (χ4v) is 4.41. The van der Waals surface area contributed by atoms with Gasteiger partial charge in [0.2, 0.25) is 5.52 Å². The van der Waals surface area contributed by atoms with Gasteiger partial charge in [0, 0.05) is 23.6 Å². The zero-order chi connectivity index (χ0) is 18.5. The number of anilines is 1. The van der Waals surface area contributed by atoms with Crippen LogP contribution in [0.4, 0.5) is 11.4 Å². The van der Waals surface area contributed by atoms with Crippen LogP contribution in [0.1, 0.15) is 39.0 Å². The maximum absolute atomic E-state index is 11.5. The standard InChI is InChI=1S/C16H20N4O5S/c1-10(21)24-8-7-17-12-9-13(26-11-5-3-2-4-6-11)14-15(19-25-18-14)16(12)20(22)23/h9,11,17H,2-8H2,1H3. The Bertz CT molecular complexity index is 803. The van der Waals surface area contributed by atoms with Crippen molar-refractivity contribution in [2.75, 3.05) is 18.5 Å². The third kappa shape index (κ3) is 4.24. The summed E-state index contributed by atoms with van der Waals surface area (Å²) in [6, 6.07) is 1.72. The Hall–Kier alpha value is -2.36. The van der Waals surface area contributed by atoms with E-state index >= 15 is 0 Å². The van der Waals surface area contributed by atoms with Crippen LogP contribution >= 0.6 is 11.8 Å². The van der Waals surface area contributed by atoms with Gasteiger partial charge in [-0.15, -0.1) is 11.8 Å². The molecule has 1 saturated carbocycles. The molecular weight excluding hydrogens is 360 g/mol. The number of aromatic nitrogens is 2. The minimum Gasteiger partial charge on any atom is -0.464 e. The number of nitro groups is 1. The number of thioether (sulfide) groups is 1. The molecular formula is C16H20N4O5S. The molecule has 10 heteroatoms. The first kappa shape index (κ1) is 18.4. The van der Waals surface area contributed by atoms with Crippen LogP contribution in [0.5, 0.6) is 0 Å². The number of carbonyl (C=O) groups is 1. The van der Waals surface area contributed by atoms with E-state index in [1.807, 2.05) is 0 Å². The van der Waals surface area contributed by atoms with Gasteiger partial charge in [-0.2, -0.15) is 0 Å². The number of esters is 1. The van der Waals surface area contributed by atoms with E-state index < -0.39 is 10.9 Å². The Morgan fingerprint density at radius 1 is 1.38 bits per heavy atom. The number of ether oxygens (including phenoxy) is 1. The lowest BCUT2D eigenvalue weighted by Crippen LogP contribution is -2.13. The van der Waals surface area contributed by atoms with E-state index in [9.17, 15) is 14.9 Å². The topological polar surface area (TPSA) is 120 Å². The monoisotopic (exact) mass is 380 g/mol. The van der Waals surface area contributed by atoms with E-state index in [0.717, 1.165) is 17.7 Å². The Labute approximate surface area is 153 Å². The second kappa shape index (κ2) is 8.35. The Morgan fingerprint density at radius 2 is 2.12 bits per heavy atom. The molecule has 0 aliphatic heterocycles. The smallest absolute Gasteiger partial charge is 0.323 e. The number of nitrogens with zero attached hydrogens (tertiary/aromatic N) is 3. The normalized spacial score (nSPS) is 15.1. The zero-order valence-corrected chi connectivity index (χ0v) is 15.2. The van der Waals surface area contributed by atoms with Crippen LogP contribution in [0.25, 0.3) is 11.0 Å². The highest BCUT2D eigenvalue weighted by molar-refractivity contribution is 8.00. The van der Waals surface area contributed by atoms with E-state index in [4.69, 9.17) is 9.37 Å². The highest BCUT2D eigenvalue weighted by atomic mass is 32.2. The molecule has 0 unspecified atom stereocenters. The van der Waals surface area contributed by atoms with Crippen molar-refractivity contribution in [1.29, 1.82) is 0 Å². The number of hydrogen-bond acceptors (Lipinski definition) is 9. The minimum atomic E-state index is -0.504. The number of benzene rings is 1. The molecule has 1 N–H and O–H groups in total. The van der Waals surface area contributed by atoms with Crippen molar-refractivity contribution in [1.82, 2.24) is 10.3 Å². The molecule has 26 heavy (non-hydrogen) atoms. The van der Waals surface area contributed by atoms with Gasteiger partial charge in [0.25, 0.3) is 0 Å². The summed E-state index contributed by atoms with van der Waals surface area (Å²) in [6.45, 7) is 1.69. The van der Waals surface area contributed by atoms with Crippen LogP contribution in [0.15, 0.2) is 15.6 Å². The molecule has 9 nitrogen and oxygen atoms in total. The summed E-state index contributed by atoms with van der Waals surface area (Å²) in [5, 5.41) is 22.6. The second-order valence-corrected chi connectivity index (χ2v) is 7.48. The molecule has 0 atom stereocenters. The van der Waals surface area contributed by atoms with Crippen LogP contribution in [0, 0.1) is 10.1 Å². The summed E-state index contributed by atoms with van der Waals surface area (Å²) < 4.78 is 9.65. The molecule has 0 bridgehead atoms. The number of rotatable bonds is 7. The first-order valence-electron chi connectivity index (χ1n) is 8.54. The van der Waals surface area contributed by atoms with Crippen LogP contribution in [0.2, 0.25) is 0 Å². The molecule has 0 radical (unpaired) electrons. The van der Waals surface area contributed by atoms with Gasteiger partial charge in [-0.25, -0.2) is 4.63 Å². The van der Waals surface area contributed by atoms with Gasteiger partial charge in [0.05, 0.1) is 4.92 Å². The van der Waals surface area contributed by atoms with Gasteiger partial charge in [-0.1, -0.05) is 19.3 Å². The second-order valence-electron chi connectivity index (χ2n) is 6.13. The third-order valence-electron chi connectivity index (χ3n) is 4.23. The van der Waals surface area contributed by atoms with Crippen molar-refractivity contribution in [3.8, 4) is 0 Å². The van der Waals surface area contributed by atoms with Gasteiger partial charge in [0.1, 0.15) is 12.3 Å². The van der Waals surface area contributed by atoms with Gasteiger partial charge in [0.15, 0.2) is 5.52 Å². The predicted octanol–water partition coefficient (Wildman–Crippen LogP) is 3.53. The number of hydrogen-bond donors (Lipinski definition) is 1. The van der Waals surface area contributed by atoms with Crippen molar-refractivity contribution >= 4 is 40.1 Å². The highest BCUT2D eigenvalue weighted by Crippen LogP contribution is 2.42. The summed E-state index contributed by atoms with van der Waals surface area (Å²) >= 11 is 1.67. The van der Waals surface area contributed by atoms with E-state index in [0.29, 0.717) is 16.5 Å². The van der Waals surface area contributed by atoms with Gasteiger partial charge in [-0.3, -0.25) is 14.9 Å². The predicted molar refractivity (Wildman–Crippen MR) is 96.3 cm³/mol. The summed E-state index contributed by atoms with van der Waals surface area (Å²) in [4.78, 5) is 22.7. The average Bonchev–Trinajstić information content (AvgIpc) is 3.08. The molecule has 1 heterocycles. The maximum Gasteiger partial charge on any atom is 0.323 e. The lowest BCUT2D eigenvalue weighted by atomic mass is 10.0. The lowest BCUT2D eigenvalue weighted by molar-refractivity contribution is -0.382. The molecule has 0 saturated heterocycles. The number of nitro benzene ring substituents is 1. The first-order valence-corrected chi connectivity index (χ1v) is 9.41. The number of fused-ring (bicyclic) bond motifs is 1. The molecule has 2 aromatic rings. The fourth-order valence-electron chi connectivity index (χ4n) is 3.05. The van der Waals surface area contributed by atoms with Crippen molar-refractivity contribution in [3.63, 3.8) is 0 Å². The zero-order valence-electron chi connectivity index (χ0n) is 14.4. The van der Waals surface area contributed by atoms with Crippen molar-refractivity contribution < 1.29 is 19.1 Å². The number of nitrogens with one attached hydrogen (secondary N) is 1. The van der Waals surface area contributed by atoms with Crippen LogP contribution in [0.3, 0.4) is 0 Å². The van der Waals surface area contributed by atoms with Crippen molar-refractivity contribution in [2.45, 2.75) is 49.2 Å². The summed E-state index contributed by atoms with van der Waals surface area (Å²) in [6.07, 6.45) is 5.87. The third-order valence-corrected chi connectivity index (χ3v) is 5.60. The Kier molecular flexibility index (Phi) is 5.92. The molecule has 0 spiro atoms. The van der Waals surface area contributed by atoms with Crippen molar-refractivity contribution in [3.05, 3.63) is 16.2 Å². The minimum absolute atomic E-state index is 0.118. The molecule has 1 aromatic carbocycles. The van der Waals surface area contributed by atoms with Gasteiger partial charge in [-0.05, 0) is 29.2 Å². The number of carbonyl (C=O) groups excluding carboxylic acids is 1. The molecule has 1 aliphatic rings. The maximum atomic E-state index is 11.5. The van der Waals surface area contributed by atoms with Gasteiger partial charge >= 0.3 is 11.7 Å². The first-order chi connectivity index (χ1) is 12.6. The van der Waals surface area contributed by atoms with E-state index in [1.54, 1.807) is 17.8 Å². The molecule has 3 rings (SSSR count). The van der Waals surface area contributed by atoms with Crippen molar-refractivity contribution in [2.24, 2.45) is 0 Å². The molecule has 0 amide bonds. The molecule has 1 aliphatic carbocycles. The average molecular weight is 380 g/mol. The molecule has 1 aromatic heterocycles. The molecule has 140 valence electrons. The lowest BCUT2D eigenvalue weighted by Gasteiger charge is -2.21. The summed E-state index contributed by atoms with van der Waals surface area (Å²) in [5.41, 5.74) is 0.685. The fraction of sp³-hybridized carbons (Fsp3) is 0.562. The van der Waals surface area contributed by atoms with E-state index in [2.05, 4.69) is 15.6 Å².